The van der Waals surface area contributed by atoms with Crippen LogP contribution in [-0.4, -0.2) is 14.2 Å². The van der Waals surface area contributed by atoms with Gasteiger partial charge in [0.05, 0.1) is 5.75 Å². The second kappa shape index (κ2) is 15.6. The molecule has 2 nitrogen and oxygen atoms in total. The highest BCUT2D eigenvalue weighted by molar-refractivity contribution is 7.72. The van der Waals surface area contributed by atoms with Crippen LogP contribution in [0, 0.1) is 0 Å². The molecule has 60 valence electrons. The molecule has 0 aromatic carbocycles. The van der Waals surface area contributed by atoms with Gasteiger partial charge in [-0.2, -0.15) is 0 Å². The predicted octanol–water partition coefficient (Wildman–Crippen LogP) is 0.241. The molecule has 0 amide bonds. The fourth-order valence-corrected chi connectivity index (χ4v) is 0.316. The second-order valence-electron chi connectivity index (χ2n) is 0.804. The third-order valence-electron chi connectivity index (χ3n) is 0.278. The van der Waals surface area contributed by atoms with E-state index in [1.54, 1.807) is 0 Å². The summed E-state index contributed by atoms with van der Waals surface area (Å²) in [6.07, 6.45) is 1.35. The van der Waals surface area contributed by atoms with Gasteiger partial charge in [-0.05, 0) is 0 Å². The highest BCUT2D eigenvalue weighted by Crippen LogP contribution is 1.61. The Bertz CT molecular complexity index is 104. The normalized spacial score (nSPS) is 5.89. The molecule has 0 fully saturated rings. The highest BCUT2D eigenvalue weighted by atomic mass is 32.2. The van der Waals surface area contributed by atoms with E-state index in [9.17, 15) is 8.42 Å². The van der Waals surface area contributed by atoms with Gasteiger partial charge in [0, 0.05) is 0 Å². The standard InChI is InChI=1S/C3H6O2S.3FH/c1-2-3-6(4)5;;;/h2,6H,1,3H2;3*1H. The van der Waals surface area contributed by atoms with Crippen LogP contribution in [0.4, 0.5) is 14.1 Å². The Morgan fingerprint density at radius 2 is 1.56 bits per heavy atom. The summed E-state index contributed by atoms with van der Waals surface area (Å²) in [4.78, 5) is 0. The zero-order chi connectivity index (χ0) is 4.99. The van der Waals surface area contributed by atoms with Gasteiger partial charge in [0.25, 0.3) is 0 Å². The van der Waals surface area contributed by atoms with Crippen molar-refractivity contribution in [3.05, 3.63) is 12.7 Å². The first-order chi connectivity index (χ1) is 2.77. The Balaban J connectivity index is -0.0000000417. The van der Waals surface area contributed by atoms with Crippen molar-refractivity contribution >= 4 is 10.7 Å². The number of halogens is 3. The lowest BCUT2D eigenvalue weighted by Gasteiger charge is -1.65. The zero-order valence-corrected chi connectivity index (χ0v) is 5.37. The summed E-state index contributed by atoms with van der Waals surface area (Å²) in [6.45, 7) is 3.22. The maximum atomic E-state index is 9.57. The van der Waals surface area contributed by atoms with Gasteiger partial charge in [0.15, 0.2) is 0 Å². The van der Waals surface area contributed by atoms with Crippen molar-refractivity contribution in [1.29, 1.82) is 0 Å². The largest absolute Gasteiger partial charge is 0.269 e. The van der Waals surface area contributed by atoms with E-state index < -0.39 is 10.7 Å². The van der Waals surface area contributed by atoms with Gasteiger partial charge in [-0.3, -0.25) is 14.1 Å². The summed E-state index contributed by atoms with van der Waals surface area (Å²) in [7, 11) is -2.22. The summed E-state index contributed by atoms with van der Waals surface area (Å²) in [5.41, 5.74) is 0. The van der Waals surface area contributed by atoms with Crippen LogP contribution < -0.4 is 0 Å². The lowest BCUT2D eigenvalue weighted by molar-refractivity contribution is 0.617. The molecule has 0 aromatic rings. The molecule has 0 spiro atoms. The number of hydrogen-bond donors (Lipinski definition) is 1. The van der Waals surface area contributed by atoms with E-state index in [4.69, 9.17) is 0 Å². The third-order valence-corrected chi connectivity index (χ3v) is 0.835. The summed E-state index contributed by atoms with van der Waals surface area (Å²) < 4.78 is 19.1. The van der Waals surface area contributed by atoms with E-state index in [1.807, 2.05) is 0 Å². The van der Waals surface area contributed by atoms with E-state index in [-0.39, 0.29) is 19.9 Å². The van der Waals surface area contributed by atoms with Crippen LogP contribution in [0.1, 0.15) is 0 Å². The van der Waals surface area contributed by atoms with Crippen LogP contribution in [0.2, 0.25) is 0 Å². The Labute approximate surface area is 52.6 Å². The average Bonchev–Trinajstić information content (AvgIpc) is 1.35. The van der Waals surface area contributed by atoms with Gasteiger partial charge in [-0.25, -0.2) is 8.42 Å². The van der Waals surface area contributed by atoms with Crippen LogP contribution in [0.3, 0.4) is 0 Å². The minimum absolute atomic E-state index is 0. The van der Waals surface area contributed by atoms with Crippen molar-refractivity contribution in [2.24, 2.45) is 0 Å². The molecule has 6 heteroatoms. The van der Waals surface area contributed by atoms with Crippen molar-refractivity contribution in [3.8, 4) is 0 Å². The molecule has 0 heterocycles. The molecule has 9 heavy (non-hydrogen) atoms. The minimum atomic E-state index is -2.22. The van der Waals surface area contributed by atoms with Gasteiger partial charge in [0.1, 0.15) is 10.7 Å². The molecule has 0 rings (SSSR count). The molecule has 0 aliphatic heterocycles. The Hall–Kier alpha value is -0.520. The first-order valence-corrected chi connectivity index (χ1v) is 2.86. The Morgan fingerprint density at radius 3 is 1.56 bits per heavy atom. The van der Waals surface area contributed by atoms with Crippen LogP contribution in [0.25, 0.3) is 0 Å². The van der Waals surface area contributed by atoms with Crippen molar-refractivity contribution in [1.82, 2.24) is 0 Å². The van der Waals surface area contributed by atoms with Gasteiger partial charge in [0.2, 0.25) is 0 Å². The quantitative estimate of drug-likeness (QED) is 0.471. The Kier molecular flexibility index (Phi) is 41.1. The summed E-state index contributed by atoms with van der Waals surface area (Å²) >= 11 is 0. The molecule has 0 aromatic heterocycles. The molecular weight excluding hydrogens is 157 g/mol. The summed E-state index contributed by atoms with van der Waals surface area (Å²) in [5.74, 6) is 0.0926. The maximum absolute atomic E-state index is 9.57. The maximum Gasteiger partial charge on any atom is 0.143 e. The van der Waals surface area contributed by atoms with Gasteiger partial charge < -0.3 is 0 Å². The molecule has 0 bridgehead atoms. The minimum Gasteiger partial charge on any atom is -0.269 e. The van der Waals surface area contributed by atoms with Crippen molar-refractivity contribution < 1.29 is 22.5 Å². The van der Waals surface area contributed by atoms with Gasteiger partial charge >= 0.3 is 0 Å². The molecule has 0 N–H and O–H groups in total. The fraction of sp³-hybridized carbons (Fsp3) is 0.333. The molecule has 0 aliphatic carbocycles. The molecule has 0 saturated carbocycles. The lowest BCUT2D eigenvalue weighted by atomic mass is 10.8. The third kappa shape index (κ3) is 36.5. The van der Waals surface area contributed by atoms with E-state index in [0.29, 0.717) is 0 Å². The molecule has 0 aliphatic rings. The van der Waals surface area contributed by atoms with Crippen LogP contribution >= 0.6 is 0 Å². The van der Waals surface area contributed by atoms with Crippen LogP contribution in [0.15, 0.2) is 12.7 Å². The molecule has 0 atom stereocenters. The van der Waals surface area contributed by atoms with Crippen LogP contribution in [-0.2, 0) is 10.7 Å². The molecular formula is C3H9F3O2S. The highest BCUT2D eigenvalue weighted by Gasteiger charge is 1.70. The van der Waals surface area contributed by atoms with Crippen molar-refractivity contribution in [2.75, 3.05) is 5.75 Å². The average molecular weight is 166 g/mol. The summed E-state index contributed by atoms with van der Waals surface area (Å²) in [5, 5.41) is 0. The van der Waals surface area contributed by atoms with Gasteiger partial charge in [-0.15, -0.1) is 6.58 Å². The number of rotatable bonds is 2. The van der Waals surface area contributed by atoms with E-state index >= 15 is 0 Å². The smallest absolute Gasteiger partial charge is 0.143 e. The molecule has 0 unspecified atom stereocenters. The first-order valence-electron chi connectivity index (χ1n) is 1.50. The van der Waals surface area contributed by atoms with Gasteiger partial charge in [-0.1, -0.05) is 6.08 Å². The monoisotopic (exact) mass is 166 g/mol. The fourth-order valence-electron chi connectivity index (χ4n) is 0.105. The number of hydrogen-bond acceptors (Lipinski definition) is 2. The van der Waals surface area contributed by atoms with E-state index in [2.05, 4.69) is 6.58 Å². The lowest BCUT2D eigenvalue weighted by Crippen LogP contribution is -1.76. The van der Waals surface area contributed by atoms with Crippen molar-refractivity contribution in [3.63, 3.8) is 0 Å². The van der Waals surface area contributed by atoms with Crippen molar-refractivity contribution in [2.45, 2.75) is 0 Å². The predicted molar refractivity (Wildman–Crippen MR) is 32.9 cm³/mol. The molecule has 0 saturated heterocycles. The van der Waals surface area contributed by atoms with E-state index in [0.717, 1.165) is 0 Å². The first kappa shape index (κ1) is 23.6. The van der Waals surface area contributed by atoms with E-state index in [1.165, 1.54) is 6.08 Å². The van der Waals surface area contributed by atoms with Crippen LogP contribution in [0.5, 0.6) is 0 Å². The summed E-state index contributed by atoms with van der Waals surface area (Å²) in [6, 6.07) is 0. The molecule has 0 radical (unpaired) electrons. The SMILES string of the molecule is C=CC[SH](=O)=O.F.F.F. The zero-order valence-electron chi connectivity index (χ0n) is 4.48. The Morgan fingerprint density at radius 1 is 1.22 bits per heavy atom. The number of thiol groups is 1. The second-order valence-corrected chi connectivity index (χ2v) is 1.83. The topological polar surface area (TPSA) is 34.1 Å².